The van der Waals surface area contributed by atoms with Crippen LogP contribution in [-0.4, -0.2) is 23.1 Å². The van der Waals surface area contributed by atoms with Gasteiger partial charge < -0.3 is 9.84 Å². The Morgan fingerprint density at radius 2 is 1.21 bits per heavy atom. The molecule has 0 aliphatic rings. The van der Waals surface area contributed by atoms with Crippen molar-refractivity contribution in [2.45, 2.75) is 124 Å². The monoisotopic (exact) mass is 460 g/mol. The Hall–Kier alpha value is -1.84. The van der Waals surface area contributed by atoms with Gasteiger partial charge in [0, 0.05) is 0 Å². The predicted molar refractivity (Wildman–Crippen MR) is 137 cm³/mol. The highest BCUT2D eigenvalue weighted by Crippen LogP contribution is 2.22. The standard InChI is InChI=1S/C29H48O4/c1-5-24(4)27(33-29(32)26-21-18-17-20-25(26)28(30)31)22-16-14-12-10-8-6-7-9-11-13-15-19-23(2)3/h17-18,20-21,23-24,27H,5-16,19,22H2,1-4H3,(H,30,31). The normalized spacial score (nSPS) is 13.1. The lowest BCUT2D eigenvalue weighted by atomic mass is 9.95. The average Bonchev–Trinajstić information content (AvgIpc) is 2.80. The van der Waals surface area contributed by atoms with Crippen LogP contribution in [0.25, 0.3) is 0 Å². The first-order valence-corrected chi connectivity index (χ1v) is 13.4. The summed E-state index contributed by atoms with van der Waals surface area (Å²) in [5.74, 6) is -0.533. The topological polar surface area (TPSA) is 63.6 Å². The van der Waals surface area contributed by atoms with Crippen LogP contribution in [0.4, 0.5) is 0 Å². The molecule has 4 heteroatoms. The molecule has 1 aromatic carbocycles. The molecule has 0 aliphatic carbocycles. The van der Waals surface area contributed by atoms with Crippen molar-refractivity contribution in [3.63, 3.8) is 0 Å². The van der Waals surface area contributed by atoms with Crippen molar-refractivity contribution in [3.8, 4) is 0 Å². The molecule has 0 aliphatic heterocycles. The molecule has 0 radical (unpaired) electrons. The van der Waals surface area contributed by atoms with E-state index in [4.69, 9.17) is 4.74 Å². The van der Waals surface area contributed by atoms with Crippen LogP contribution in [0.2, 0.25) is 0 Å². The van der Waals surface area contributed by atoms with Crippen molar-refractivity contribution in [2.75, 3.05) is 0 Å². The molecular formula is C29H48O4. The highest BCUT2D eigenvalue weighted by Gasteiger charge is 2.24. The summed E-state index contributed by atoms with van der Waals surface area (Å²) >= 11 is 0. The first-order chi connectivity index (χ1) is 15.9. The van der Waals surface area contributed by atoms with Crippen LogP contribution in [-0.2, 0) is 4.74 Å². The molecule has 0 bridgehead atoms. The van der Waals surface area contributed by atoms with Gasteiger partial charge in [-0.1, -0.05) is 117 Å². The molecule has 33 heavy (non-hydrogen) atoms. The van der Waals surface area contributed by atoms with Crippen molar-refractivity contribution < 1.29 is 19.4 Å². The quantitative estimate of drug-likeness (QED) is 0.166. The van der Waals surface area contributed by atoms with Gasteiger partial charge in [0.15, 0.2) is 0 Å². The summed E-state index contributed by atoms with van der Waals surface area (Å²) in [5.41, 5.74) is 0.138. The summed E-state index contributed by atoms with van der Waals surface area (Å²) < 4.78 is 5.79. The number of hydrogen-bond donors (Lipinski definition) is 1. The molecule has 0 heterocycles. The highest BCUT2D eigenvalue weighted by atomic mass is 16.5. The third-order valence-corrected chi connectivity index (χ3v) is 6.68. The molecule has 2 unspecified atom stereocenters. The van der Waals surface area contributed by atoms with Gasteiger partial charge in [-0.15, -0.1) is 0 Å². The van der Waals surface area contributed by atoms with E-state index in [0.717, 1.165) is 31.6 Å². The minimum absolute atomic E-state index is 0.000888. The van der Waals surface area contributed by atoms with Gasteiger partial charge in [-0.3, -0.25) is 0 Å². The van der Waals surface area contributed by atoms with Crippen LogP contribution >= 0.6 is 0 Å². The highest BCUT2D eigenvalue weighted by molar-refractivity contribution is 6.02. The molecule has 1 aromatic rings. The summed E-state index contributed by atoms with van der Waals surface area (Å²) in [6, 6.07) is 6.28. The Bertz CT molecular complexity index is 667. The molecule has 188 valence electrons. The zero-order chi connectivity index (χ0) is 24.5. The summed E-state index contributed by atoms with van der Waals surface area (Å²) in [6.45, 7) is 8.81. The molecular weight excluding hydrogens is 412 g/mol. The van der Waals surface area contributed by atoms with Crippen LogP contribution in [0.5, 0.6) is 0 Å². The molecule has 1 rings (SSSR count). The third kappa shape index (κ3) is 12.8. The zero-order valence-corrected chi connectivity index (χ0v) is 21.6. The first-order valence-electron chi connectivity index (χ1n) is 13.4. The number of benzene rings is 1. The van der Waals surface area contributed by atoms with E-state index in [2.05, 4.69) is 27.7 Å². The third-order valence-electron chi connectivity index (χ3n) is 6.68. The number of carbonyl (C=O) groups excluding carboxylic acids is 1. The van der Waals surface area contributed by atoms with Gasteiger partial charge in [0.25, 0.3) is 0 Å². The van der Waals surface area contributed by atoms with Crippen molar-refractivity contribution in [1.82, 2.24) is 0 Å². The van der Waals surface area contributed by atoms with E-state index >= 15 is 0 Å². The Morgan fingerprint density at radius 3 is 1.67 bits per heavy atom. The molecule has 0 saturated carbocycles. The second kappa shape index (κ2) is 17.6. The number of aromatic carboxylic acids is 1. The van der Waals surface area contributed by atoms with Gasteiger partial charge in [0.05, 0.1) is 11.1 Å². The maximum Gasteiger partial charge on any atom is 0.339 e. The lowest BCUT2D eigenvalue weighted by Crippen LogP contribution is -2.26. The minimum Gasteiger partial charge on any atom is -0.478 e. The van der Waals surface area contributed by atoms with Gasteiger partial charge >= 0.3 is 11.9 Å². The lowest BCUT2D eigenvalue weighted by molar-refractivity contribution is 0.0119. The molecule has 0 aromatic heterocycles. The molecule has 0 spiro atoms. The second-order valence-electron chi connectivity index (χ2n) is 10.0. The Balaban J connectivity index is 2.24. The number of carbonyl (C=O) groups is 2. The maximum atomic E-state index is 12.7. The zero-order valence-electron chi connectivity index (χ0n) is 21.6. The van der Waals surface area contributed by atoms with E-state index in [9.17, 15) is 14.7 Å². The van der Waals surface area contributed by atoms with Gasteiger partial charge in [-0.25, -0.2) is 9.59 Å². The van der Waals surface area contributed by atoms with E-state index in [1.54, 1.807) is 12.1 Å². The number of carboxylic acids is 1. The lowest BCUT2D eigenvalue weighted by Gasteiger charge is -2.23. The smallest absolute Gasteiger partial charge is 0.339 e. The molecule has 1 N–H and O–H groups in total. The number of carboxylic acid groups (broad SMARTS) is 1. The van der Waals surface area contributed by atoms with E-state index in [-0.39, 0.29) is 23.1 Å². The van der Waals surface area contributed by atoms with Crippen LogP contribution in [0, 0.1) is 11.8 Å². The summed E-state index contributed by atoms with van der Waals surface area (Å²) in [6.07, 6.45) is 17.3. The molecule has 0 saturated heterocycles. The fourth-order valence-electron chi connectivity index (χ4n) is 4.26. The summed E-state index contributed by atoms with van der Waals surface area (Å²) in [5, 5.41) is 9.34. The van der Waals surface area contributed by atoms with Crippen molar-refractivity contribution in [3.05, 3.63) is 35.4 Å². The van der Waals surface area contributed by atoms with Gasteiger partial charge in [-0.05, 0) is 36.8 Å². The second-order valence-corrected chi connectivity index (χ2v) is 10.0. The summed E-state index contributed by atoms with van der Waals surface area (Å²) in [7, 11) is 0. The first kappa shape index (κ1) is 29.2. The minimum atomic E-state index is -1.10. The van der Waals surface area contributed by atoms with E-state index in [0.29, 0.717) is 0 Å². The molecule has 0 fully saturated rings. The fourth-order valence-corrected chi connectivity index (χ4v) is 4.26. The van der Waals surface area contributed by atoms with Crippen molar-refractivity contribution in [2.24, 2.45) is 11.8 Å². The SMILES string of the molecule is CCC(C)C(CCCCCCCCCCCCCC(C)C)OC(=O)c1ccccc1C(=O)O. The van der Waals surface area contributed by atoms with Crippen LogP contribution in [0.15, 0.2) is 24.3 Å². The van der Waals surface area contributed by atoms with Crippen LogP contribution < -0.4 is 0 Å². The van der Waals surface area contributed by atoms with E-state index in [1.807, 2.05) is 0 Å². The summed E-state index contributed by atoms with van der Waals surface area (Å²) in [4.78, 5) is 24.1. The molecule has 2 atom stereocenters. The van der Waals surface area contributed by atoms with Crippen molar-refractivity contribution in [1.29, 1.82) is 0 Å². The van der Waals surface area contributed by atoms with Gasteiger partial charge in [0.1, 0.15) is 6.10 Å². The number of hydrogen-bond acceptors (Lipinski definition) is 3. The van der Waals surface area contributed by atoms with Crippen LogP contribution in [0.3, 0.4) is 0 Å². The number of esters is 1. The predicted octanol–water partition coefficient (Wildman–Crippen LogP) is 8.68. The largest absolute Gasteiger partial charge is 0.478 e. The number of unbranched alkanes of at least 4 members (excludes halogenated alkanes) is 10. The van der Waals surface area contributed by atoms with Crippen molar-refractivity contribution >= 4 is 11.9 Å². The van der Waals surface area contributed by atoms with E-state index in [1.165, 1.54) is 76.3 Å². The fraction of sp³-hybridized carbons (Fsp3) is 0.724. The average molecular weight is 461 g/mol. The number of ether oxygens (including phenoxy) is 1. The maximum absolute atomic E-state index is 12.7. The van der Waals surface area contributed by atoms with Gasteiger partial charge in [0.2, 0.25) is 0 Å². The molecule has 4 nitrogen and oxygen atoms in total. The Kier molecular flexibility index (Phi) is 15.6. The Labute approximate surface area is 202 Å². The van der Waals surface area contributed by atoms with E-state index < -0.39 is 11.9 Å². The van der Waals surface area contributed by atoms with Crippen LogP contribution in [0.1, 0.15) is 138 Å². The Morgan fingerprint density at radius 1 is 0.758 bits per heavy atom. The number of rotatable bonds is 19. The molecule has 0 amide bonds. The van der Waals surface area contributed by atoms with Gasteiger partial charge in [-0.2, -0.15) is 0 Å².